The number of ether oxygens (including phenoxy) is 1. The van der Waals surface area contributed by atoms with E-state index in [-0.39, 0.29) is 11.6 Å². The van der Waals surface area contributed by atoms with Crippen molar-refractivity contribution in [2.45, 2.75) is 18.8 Å². The number of amides is 3. The SMILES string of the molecule is O=C(N/N=C1\c2ccccc2CC1NC(=O)c1cccc(Cl)c1)Nc1ccc(OC(F)(F)F)cc1. The number of nitrogens with zero attached hydrogens (tertiary/aromatic N) is 1. The molecule has 0 aromatic heterocycles. The number of hydrogen-bond donors (Lipinski definition) is 3. The number of hydrazone groups is 1. The maximum Gasteiger partial charge on any atom is 0.573 e. The summed E-state index contributed by atoms with van der Waals surface area (Å²) < 4.78 is 40.6. The minimum absolute atomic E-state index is 0.231. The largest absolute Gasteiger partial charge is 0.573 e. The molecule has 1 aliphatic carbocycles. The highest BCUT2D eigenvalue weighted by Crippen LogP contribution is 2.25. The van der Waals surface area contributed by atoms with Crippen molar-refractivity contribution in [1.82, 2.24) is 10.7 Å². The molecule has 0 saturated carbocycles. The van der Waals surface area contributed by atoms with E-state index in [9.17, 15) is 22.8 Å². The molecule has 3 amide bonds. The number of fused-ring (bicyclic) bond motifs is 1. The molecule has 0 spiro atoms. The number of rotatable bonds is 5. The molecular formula is C24H18ClF3N4O3. The van der Waals surface area contributed by atoms with E-state index in [4.69, 9.17) is 11.6 Å². The molecule has 7 nitrogen and oxygen atoms in total. The van der Waals surface area contributed by atoms with E-state index in [1.54, 1.807) is 24.3 Å². The fraction of sp³-hybridized carbons (Fsp3) is 0.125. The number of nitrogens with one attached hydrogen (secondary N) is 3. The molecule has 1 aliphatic rings. The van der Waals surface area contributed by atoms with E-state index in [1.807, 2.05) is 24.3 Å². The Morgan fingerprint density at radius 1 is 1.00 bits per heavy atom. The van der Waals surface area contributed by atoms with Crippen LogP contribution in [-0.4, -0.2) is 30.1 Å². The van der Waals surface area contributed by atoms with Gasteiger partial charge < -0.3 is 15.4 Å². The summed E-state index contributed by atoms with van der Waals surface area (Å²) in [6.45, 7) is 0. The Morgan fingerprint density at radius 3 is 2.46 bits per heavy atom. The Kier molecular flexibility index (Phi) is 6.92. The van der Waals surface area contributed by atoms with Crippen molar-refractivity contribution in [2.24, 2.45) is 5.10 Å². The van der Waals surface area contributed by atoms with Gasteiger partial charge in [-0.25, -0.2) is 10.2 Å². The first-order valence-corrected chi connectivity index (χ1v) is 10.7. The van der Waals surface area contributed by atoms with Crippen LogP contribution >= 0.6 is 11.6 Å². The fourth-order valence-corrected chi connectivity index (χ4v) is 3.78. The van der Waals surface area contributed by atoms with Gasteiger partial charge in [0, 0.05) is 21.8 Å². The van der Waals surface area contributed by atoms with Crippen molar-refractivity contribution < 1.29 is 27.5 Å². The third-order valence-corrected chi connectivity index (χ3v) is 5.30. The first-order chi connectivity index (χ1) is 16.7. The summed E-state index contributed by atoms with van der Waals surface area (Å²) >= 11 is 5.98. The van der Waals surface area contributed by atoms with Crippen LogP contribution in [0.25, 0.3) is 0 Å². The number of carbonyl (C=O) groups excluding carboxylic acids is 2. The lowest BCUT2D eigenvalue weighted by molar-refractivity contribution is -0.274. The number of urea groups is 1. The molecule has 3 N–H and O–H groups in total. The Labute approximate surface area is 202 Å². The zero-order valence-corrected chi connectivity index (χ0v) is 18.7. The topological polar surface area (TPSA) is 91.8 Å². The Bertz CT molecular complexity index is 1280. The van der Waals surface area contributed by atoms with Crippen LogP contribution in [-0.2, 0) is 6.42 Å². The summed E-state index contributed by atoms with van der Waals surface area (Å²) in [5, 5.41) is 10.0. The van der Waals surface area contributed by atoms with Crippen LogP contribution in [0, 0.1) is 0 Å². The van der Waals surface area contributed by atoms with Crippen LogP contribution in [0.4, 0.5) is 23.7 Å². The normalized spacial score (nSPS) is 15.9. The Hall–Kier alpha value is -4.05. The molecule has 0 radical (unpaired) electrons. The minimum atomic E-state index is -4.81. The molecule has 11 heteroatoms. The van der Waals surface area contributed by atoms with Crippen LogP contribution in [0.3, 0.4) is 0 Å². The van der Waals surface area contributed by atoms with E-state index in [2.05, 4.69) is 25.9 Å². The van der Waals surface area contributed by atoms with Gasteiger partial charge in [0.25, 0.3) is 5.91 Å². The van der Waals surface area contributed by atoms with Crippen molar-refractivity contribution in [3.8, 4) is 5.75 Å². The van der Waals surface area contributed by atoms with Crippen molar-refractivity contribution in [1.29, 1.82) is 0 Å². The van der Waals surface area contributed by atoms with Crippen molar-refractivity contribution >= 4 is 34.9 Å². The number of hydrogen-bond acceptors (Lipinski definition) is 4. The van der Waals surface area contributed by atoms with Crippen LogP contribution in [0.2, 0.25) is 5.02 Å². The number of alkyl halides is 3. The number of anilines is 1. The van der Waals surface area contributed by atoms with E-state index in [1.165, 1.54) is 12.1 Å². The summed E-state index contributed by atoms with van der Waals surface area (Å²) in [6.07, 6.45) is -4.33. The van der Waals surface area contributed by atoms with Crippen molar-refractivity contribution in [2.75, 3.05) is 5.32 Å². The molecule has 0 fully saturated rings. The maximum atomic E-state index is 12.7. The summed E-state index contributed by atoms with van der Waals surface area (Å²) in [5.74, 6) is -0.756. The lowest BCUT2D eigenvalue weighted by Crippen LogP contribution is -2.40. The molecule has 1 atom stereocenters. The lowest BCUT2D eigenvalue weighted by atomic mass is 10.1. The zero-order chi connectivity index (χ0) is 25.0. The predicted octanol–water partition coefficient (Wildman–Crippen LogP) is 5.12. The van der Waals surface area contributed by atoms with Crippen LogP contribution < -0.4 is 20.8 Å². The summed E-state index contributed by atoms with van der Waals surface area (Å²) in [5.41, 5.74) is 5.17. The molecule has 0 aliphatic heterocycles. The van der Waals surface area contributed by atoms with E-state index in [0.29, 0.717) is 22.7 Å². The summed E-state index contributed by atoms with van der Waals surface area (Å²) in [7, 11) is 0. The summed E-state index contributed by atoms with van der Waals surface area (Å²) in [6, 6.07) is 17.4. The number of halogens is 4. The highest BCUT2D eigenvalue weighted by molar-refractivity contribution is 6.31. The second-order valence-corrected chi connectivity index (χ2v) is 7.97. The highest BCUT2D eigenvalue weighted by Gasteiger charge is 2.31. The van der Waals surface area contributed by atoms with Crippen molar-refractivity contribution in [3.63, 3.8) is 0 Å². The van der Waals surface area contributed by atoms with Gasteiger partial charge in [-0.15, -0.1) is 13.2 Å². The second kappa shape index (κ2) is 10.1. The van der Waals surface area contributed by atoms with E-state index >= 15 is 0 Å². The van der Waals surface area contributed by atoms with Gasteiger partial charge in [0.05, 0.1) is 11.8 Å². The minimum Gasteiger partial charge on any atom is -0.406 e. The first kappa shape index (κ1) is 24.1. The average Bonchev–Trinajstić information content (AvgIpc) is 3.15. The Balaban J connectivity index is 1.45. The van der Waals surface area contributed by atoms with Gasteiger partial charge in [0.1, 0.15) is 5.75 Å². The number of benzene rings is 3. The average molecular weight is 503 g/mol. The van der Waals surface area contributed by atoms with Gasteiger partial charge >= 0.3 is 12.4 Å². The third kappa shape index (κ3) is 6.30. The molecule has 35 heavy (non-hydrogen) atoms. The molecule has 0 heterocycles. The molecule has 0 bridgehead atoms. The van der Waals surface area contributed by atoms with Gasteiger partial charge in [0.15, 0.2) is 0 Å². The molecule has 3 aromatic carbocycles. The van der Waals surface area contributed by atoms with Gasteiger partial charge in [-0.05, 0) is 54.4 Å². The van der Waals surface area contributed by atoms with Gasteiger partial charge in [-0.2, -0.15) is 5.10 Å². The smallest absolute Gasteiger partial charge is 0.406 e. The standard InChI is InChI=1S/C24H18ClF3N4O3/c25-16-6-3-5-15(12-16)22(33)30-20-13-14-4-1-2-7-19(14)21(20)31-32-23(34)29-17-8-10-18(11-9-17)35-24(26,27)28/h1-12,20H,13H2,(H,30,33)(H2,29,32,34)/b31-21+. The van der Waals surface area contributed by atoms with Crippen molar-refractivity contribution in [3.05, 3.63) is 94.5 Å². The van der Waals surface area contributed by atoms with Gasteiger partial charge in [0.2, 0.25) is 0 Å². The fourth-order valence-electron chi connectivity index (χ4n) is 3.59. The quantitative estimate of drug-likeness (QED) is 0.423. The van der Waals surface area contributed by atoms with Gasteiger partial charge in [-0.3, -0.25) is 4.79 Å². The second-order valence-electron chi connectivity index (χ2n) is 7.53. The molecular weight excluding hydrogens is 485 g/mol. The lowest BCUT2D eigenvalue weighted by Gasteiger charge is -2.15. The van der Waals surface area contributed by atoms with Crippen LogP contribution in [0.15, 0.2) is 77.9 Å². The van der Waals surface area contributed by atoms with Crippen LogP contribution in [0.1, 0.15) is 21.5 Å². The van der Waals surface area contributed by atoms with E-state index < -0.39 is 24.2 Å². The third-order valence-electron chi connectivity index (χ3n) is 5.06. The molecule has 3 aromatic rings. The number of carbonyl (C=O) groups is 2. The van der Waals surface area contributed by atoms with Crippen LogP contribution in [0.5, 0.6) is 5.75 Å². The zero-order valence-electron chi connectivity index (χ0n) is 17.9. The predicted molar refractivity (Wildman–Crippen MR) is 125 cm³/mol. The molecule has 4 rings (SSSR count). The van der Waals surface area contributed by atoms with E-state index in [0.717, 1.165) is 23.3 Å². The monoisotopic (exact) mass is 502 g/mol. The molecule has 1 unspecified atom stereocenters. The molecule has 180 valence electrons. The summed E-state index contributed by atoms with van der Waals surface area (Å²) in [4.78, 5) is 25.1. The first-order valence-electron chi connectivity index (χ1n) is 10.3. The maximum absolute atomic E-state index is 12.7. The van der Waals surface area contributed by atoms with Gasteiger partial charge in [-0.1, -0.05) is 41.9 Å². The molecule has 0 saturated heterocycles. The Morgan fingerprint density at radius 2 is 1.74 bits per heavy atom. The highest BCUT2D eigenvalue weighted by atomic mass is 35.5.